The van der Waals surface area contributed by atoms with Crippen LogP contribution in [0.2, 0.25) is 0 Å². The van der Waals surface area contributed by atoms with Crippen LogP contribution in [0.4, 0.5) is 11.4 Å². The van der Waals surface area contributed by atoms with Crippen molar-refractivity contribution in [2.75, 3.05) is 29.7 Å². The molecule has 3 aromatic rings. The molecule has 0 amide bonds. The van der Waals surface area contributed by atoms with Gasteiger partial charge in [-0.25, -0.2) is 4.79 Å². The smallest absolute Gasteiger partial charge is 0.338 e. The second kappa shape index (κ2) is 17.1. The van der Waals surface area contributed by atoms with Crippen molar-refractivity contribution in [1.82, 2.24) is 0 Å². The summed E-state index contributed by atoms with van der Waals surface area (Å²) in [7, 11) is 0. The molecule has 43 heavy (non-hydrogen) atoms. The van der Waals surface area contributed by atoms with E-state index < -0.39 is 16.9 Å². The molecule has 0 bridgehead atoms. The average molecular weight is 626 g/mol. The highest BCUT2D eigenvalue weighted by atomic mass is 35.5. The molecule has 8 nitrogen and oxygen atoms in total. The lowest BCUT2D eigenvalue weighted by Crippen LogP contribution is -2.27. The van der Waals surface area contributed by atoms with Crippen molar-refractivity contribution < 1.29 is 24.0 Å². The Balaban J connectivity index is 1.54. The van der Waals surface area contributed by atoms with Gasteiger partial charge in [0.1, 0.15) is 12.4 Å². The first kappa shape index (κ1) is 33.4. The number of halogens is 2. The number of ether oxygens (including phenoxy) is 2. The van der Waals surface area contributed by atoms with E-state index >= 15 is 0 Å². The summed E-state index contributed by atoms with van der Waals surface area (Å²) in [6, 6.07) is 19.6. The summed E-state index contributed by atoms with van der Waals surface area (Å²) in [5, 5.41) is 11.6. The van der Waals surface area contributed by atoms with Crippen molar-refractivity contribution in [3.8, 4) is 5.75 Å². The molecule has 0 saturated carbocycles. The molecule has 0 heterocycles. The number of nitro groups is 1. The molecule has 0 fully saturated rings. The molecule has 0 radical (unpaired) electrons. The quantitative estimate of drug-likeness (QED) is 0.0308. The largest absolute Gasteiger partial charge is 0.461 e. The van der Waals surface area contributed by atoms with Crippen LogP contribution in [0.15, 0.2) is 78.9 Å². The standard InChI is InChI=1S/C33H34Cl2N2O6/c1-24(2)33(39)43-30-15-10-26(11-16-30)6-7-27-12-17-31(37(40)41)28(22-27)23-42-32(38)5-3-4-25-8-13-29(14-9-25)36(20-18-34)21-19-35/h6-17,22H,1,3-5,18-21,23H2,2H3/b7-6+. The highest BCUT2D eigenvalue weighted by molar-refractivity contribution is 6.18. The van der Waals surface area contributed by atoms with Crippen LogP contribution in [0.25, 0.3) is 12.2 Å². The molecule has 0 aliphatic carbocycles. The highest BCUT2D eigenvalue weighted by Gasteiger charge is 2.16. The van der Waals surface area contributed by atoms with Gasteiger partial charge in [0.05, 0.1) is 10.5 Å². The van der Waals surface area contributed by atoms with Crippen LogP contribution in [0.3, 0.4) is 0 Å². The van der Waals surface area contributed by atoms with Gasteiger partial charge < -0.3 is 14.4 Å². The fourth-order valence-corrected chi connectivity index (χ4v) is 4.56. The monoisotopic (exact) mass is 624 g/mol. The van der Waals surface area contributed by atoms with E-state index in [2.05, 4.69) is 11.5 Å². The molecule has 0 aliphatic heterocycles. The first-order chi connectivity index (χ1) is 20.7. The maximum Gasteiger partial charge on any atom is 0.338 e. The number of hydrogen-bond acceptors (Lipinski definition) is 7. The zero-order valence-electron chi connectivity index (χ0n) is 24.0. The van der Waals surface area contributed by atoms with Gasteiger partial charge in [0.15, 0.2) is 0 Å². The molecule has 10 heteroatoms. The van der Waals surface area contributed by atoms with Gasteiger partial charge in [0.25, 0.3) is 5.69 Å². The number of nitro benzene ring substituents is 1. The van der Waals surface area contributed by atoms with E-state index in [9.17, 15) is 19.7 Å². The van der Waals surface area contributed by atoms with Crippen LogP contribution in [0, 0.1) is 10.1 Å². The van der Waals surface area contributed by atoms with Gasteiger partial charge in [-0.15, -0.1) is 23.2 Å². The van der Waals surface area contributed by atoms with Crippen molar-refractivity contribution in [3.63, 3.8) is 0 Å². The maximum atomic E-state index is 12.4. The van der Waals surface area contributed by atoms with Crippen LogP contribution < -0.4 is 9.64 Å². The van der Waals surface area contributed by atoms with Crippen molar-refractivity contribution >= 4 is 58.7 Å². The van der Waals surface area contributed by atoms with Gasteiger partial charge >= 0.3 is 11.9 Å². The number of esters is 2. The summed E-state index contributed by atoms with van der Waals surface area (Å²) in [5.41, 5.74) is 4.16. The highest BCUT2D eigenvalue weighted by Crippen LogP contribution is 2.23. The summed E-state index contributed by atoms with van der Waals surface area (Å²) in [5.74, 6) is 0.500. The Labute approximate surface area is 261 Å². The number of aryl methyl sites for hydroxylation is 1. The van der Waals surface area contributed by atoms with Crippen molar-refractivity contribution in [3.05, 3.63) is 111 Å². The lowest BCUT2D eigenvalue weighted by molar-refractivity contribution is -0.385. The Morgan fingerprint density at radius 2 is 1.58 bits per heavy atom. The third kappa shape index (κ3) is 10.9. The minimum Gasteiger partial charge on any atom is -0.461 e. The van der Waals surface area contributed by atoms with E-state index in [1.807, 2.05) is 30.3 Å². The summed E-state index contributed by atoms with van der Waals surface area (Å²) in [4.78, 5) is 37.3. The number of hydrogen-bond donors (Lipinski definition) is 0. The zero-order chi connectivity index (χ0) is 31.2. The molecule has 0 unspecified atom stereocenters. The first-order valence-corrected chi connectivity index (χ1v) is 14.8. The summed E-state index contributed by atoms with van der Waals surface area (Å²) < 4.78 is 10.6. The van der Waals surface area contributed by atoms with E-state index in [4.69, 9.17) is 32.7 Å². The molecular weight excluding hydrogens is 591 g/mol. The van der Waals surface area contributed by atoms with E-state index in [0.717, 1.165) is 16.8 Å². The maximum absolute atomic E-state index is 12.4. The number of carbonyl (C=O) groups excluding carboxylic acids is 2. The Hall–Kier alpha value is -4.14. The lowest BCUT2D eigenvalue weighted by Gasteiger charge is -2.23. The number of anilines is 1. The predicted octanol–water partition coefficient (Wildman–Crippen LogP) is 7.60. The van der Waals surface area contributed by atoms with Crippen LogP contribution >= 0.6 is 23.2 Å². The van der Waals surface area contributed by atoms with Gasteiger partial charge in [-0.1, -0.05) is 43.0 Å². The van der Waals surface area contributed by atoms with Gasteiger partial charge in [-0.2, -0.15) is 0 Å². The summed E-state index contributed by atoms with van der Waals surface area (Å²) in [6.07, 6.45) is 5.08. The van der Waals surface area contributed by atoms with Gasteiger partial charge in [0, 0.05) is 48.6 Å². The van der Waals surface area contributed by atoms with Gasteiger partial charge in [0.2, 0.25) is 0 Å². The van der Waals surface area contributed by atoms with E-state index in [0.29, 0.717) is 60.1 Å². The number of rotatable bonds is 16. The average Bonchev–Trinajstić information content (AvgIpc) is 3.00. The van der Waals surface area contributed by atoms with Crippen LogP contribution in [0.1, 0.15) is 42.0 Å². The minimum absolute atomic E-state index is 0.119. The molecule has 0 aliphatic rings. The van der Waals surface area contributed by atoms with E-state index in [-0.39, 0.29) is 18.7 Å². The number of alkyl halides is 2. The number of benzene rings is 3. The first-order valence-electron chi connectivity index (χ1n) is 13.7. The van der Waals surface area contributed by atoms with E-state index in [1.165, 1.54) is 6.07 Å². The second-order valence-electron chi connectivity index (χ2n) is 9.76. The topological polar surface area (TPSA) is 99.0 Å². The fraction of sp³-hybridized carbons (Fsp3) is 0.273. The molecule has 0 N–H and O–H groups in total. The molecule has 3 aromatic carbocycles. The molecular formula is C33H34Cl2N2O6. The van der Waals surface area contributed by atoms with Gasteiger partial charge in [-0.05, 0) is 72.9 Å². The normalized spacial score (nSPS) is 10.9. The van der Waals surface area contributed by atoms with Crippen molar-refractivity contribution in [2.45, 2.75) is 32.8 Å². The Kier molecular flexibility index (Phi) is 13.3. The number of nitrogens with zero attached hydrogens (tertiary/aromatic N) is 2. The summed E-state index contributed by atoms with van der Waals surface area (Å²) in [6.45, 7) is 6.34. The SMILES string of the molecule is C=C(C)C(=O)Oc1ccc(/C=C/c2ccc([N+](=O)[O-])c(COC(=O)CCCc3ccc(N(CCCl)CCCl)cc3)c2)cc1. The second-order valence-corrected chi connectivity index (χ2v) is 10.5. The molecule has 3 rings (SSSR count). The lowest BCUT2D eigenvalue weighted by atomic mass is 10.1. The Morgan fingerprint density at radius 3 is 2.19 bits per heavy atom. The Bertz CT molecular complexity index is 1430. The molecule has 0 aromatic heterocycles. The molecule has 0 spiro atoms. The van der Waals surface area contributed by atoms with Crippen LogP contribution in [0.5, 0.6) is 5.75 Å². The fourth-order valence-electron chi connectivity index (χ4n) is 4.15. The van der Waals surface area contributed by atoms with Crippen LogP contribution in [-0.2, 0) is 27.4 Å². The summed E-state index contributed by atoms with van der Waals surface area (Å²) >= 11 is 11.8. The van der Waals surface area contributed by atoms with Crippen molar-refractivity contribution in [2.24, 2.45) is 0 Å². The minimum atomic E-state index is -0.499. The van der Waals surface area contributed by atoms with E-state index in [1.54, 1.807) is 49.4 Å². The third-order valence-corrected chi connectivity index (χ3v) is 6.79. The third-order valence-electron chi connectivity index (χ3n) is 6.45. The van der Waals surface area contributed by atoms with Gasteiger partial charge in [-0.3, -0.25) is 14.9 Å². The Morgan fingerprint density at radius 1 is 0.953 bits per heavy atom. The molecule has 0 saturated heterocycles. The van der Waals surface area contributed by atoms with Crippen LogP contribution in [-0.4, -0.2) is 41.7 Å². The zero-order valence-corrected chi connectivity index (χ0v) is 25.5. The predicted molar refractivity (Wildman–Crippen MR) is 172 cm³/mol. The number of carbonyl (C=O) groups is 2. The molecule has 226 valence electrons. The van der Waals surface area contributed by atoms with Crippen molar-refractivity contribution in [1.29, 1.82) is 0 Å². The molecule has 0 atom stereocenters.